The van der Waals surface area contributed by atoms with E-state index in [2.05, 4.69) is 20.9 Å². The lowest BCUT2D eigenvalue weighted by Gasteiger charge is -2.17. The van der Waals surface area contributed by atoms with Crippen LogP contribution in [0.2, 0.25) is 0 Å². The van der Waals surface area contributed by atoms with Crippen molar-refractivity contribution in [3.05, 3.63) is 173 Å². The van der Waals surface area contributed by atoms with Crippen LogP contribution in [0.3, 0.4) is 0 Å². The van der Waals surface area contributed by atoms with E-state index in [1.165, 1.54) is 35.2 Å². The fraction of sp³-hybridized carbons (Fsp3) is 0.0500. The van der Waals surface area contributed by atoms with Crippen LogP contribution in [0.1, 0.15) is 32.3 Å². The molecular weight excluding hydrogens is 668 g/mol. The lowest BCUT2D eigenvalue weighted by molar-refractivity contribution is -0.116. The number of thioether (sulfide) groups is 1. The summed E-state index contributed by atoms with van der Waals surface area (Å²) in [5.41, 5.74) is 4.99. The van der Waals surface area contributed by atoms with Crippen LogP contribution in [0.4, 0.5) is 15.2 Å². The second-order valence-electron chi connectivity index (χ2n) is 11.2. The van der Waals surface area contributed by atoms with E-state index in [-0.39, 0.29) is 17.4 Å². The number of hydrogen-bond donors (Lipinski definition) is 3. The minimum atomic E-state index is -0.605. The second kappa shape index (κ2) is 16.0. The summed E-state index contributed by atoms with van der Waals surface area (Å²) < 4.78 is 13.4. The second-order valence-corrected chi connectivity index (χ2v) is 13.2. The molecule has 50 heavy (non-hydrogen) atoms. The third-order valence-corrected chi connectivity index (χ3v) is 9.62. The van der Waals surface area contributed by atoms with Gasteiger partial charge in [0, 0.05) is 27.1 Å². The maximum atomic E-state index is 13.6. The number of nitrogens with zero attached hydrogens (tertiary/aromatic N) is 1. The molecule has 0 bridgehead atoms. The van der Waals surface area contributed by atoms with E-state index < -0.39 is 17.1 Å². The number of carbonyl (C=O) groups is 3. The summed E-state index contributed by atoms with van der Waals surface area (Å²) >= 11 is 2.65. The van der Waals surface area contributed by atoms with Gasteiger partial charge >= 0.3 is 0 Å². The van der Waals surface area contributed by atoms with E-state index in [1.807, 2.05) is 85.1 Å². The Hall–Kier alpha value is -5.84. The van der Waals surface area contributed by atoms with Crippen LogP contribution in [-0.2, 0) is 9.59 Å². The van der Waals surface area contributed by atoms with Crippen molar-refractivity contribution in [2.45, 2.75) is 17.1 Å². The van der Waals surface area contributed by atoms with Gasteiger partial charge < -0.3 is 16.0 Å². The van der Waals surface area contributed by atoms with E-state index in [0.717, 1.165) is 27.1 Å². The Bertz CT molecular complexity index is 2140. The summed E-state index contributed by atoms with van der Waals surface area (Å²) in [6.07, 6.45) is 1.66. The zero-order chi connectivity index (χ0) is 34.9. The Morgan fingerprint density at radius 3 is 2.14 bits per heavy atom. The number of nitrogens with one attached hydrogen (secondary N) is 3. The molecule has 1 aromatic heterocycles. The van der Waals surface area contributed by atoms with Gasteiger partial charge in [-0.15, -0.1) is 23.1 Å². The number of anilines is 2. The van der Waals surface area contributed by atoms with Gasteiger partial charge in [-0.25, -0.2) is 9.37 Å². The van der Waals surface area contributed by atoms with Crippen molar-refractivity contribution < 1.29 is 18.8 Å². The quantitative estimate of drug-likeness (QED) is 0.0926. The van der Waals surface area contributed by atoms with E-state index in [0.29, 0.717) is 22.1 Å². The number of benzene rings is 5. The van der Waals surface area contributed by atoms with Crippen molar-refractivity contribution in [1.82, 2.24) is 10.3 Å². The minimum absolute atomic E-state index is 0.0946. The summed E-state index contributed by atoms with van der Waals surface area (Å²) in [5, 5.41) is 10.2. The SMILES string of the molecule is Cc1ccccc1/C=C(\NC(=O)c1ccccc1)C(=O)Nc1ccc(SC(C(=O)Nc2nc(-c3ccc(F)cc3)cs2)c2ccccc2)cc1. The van der Waals surface area contributed by atoms with Crippen LogP contribution >= 0.6 is 23.1 Å². The van der Waals surface area contributed by atoms with Crippen molar-refractivity contribution in [2.24, 2.45) is 0 Å². The molecule has 7 nitrogen and oxygen atoms in total. The maximum Gasteiger partial charge on any atom is 0.272 e. The fourth-order valence-corrected chi connectivity index (χ4v) is 6.70. The van der Waals surface area contributed by atoms with Crippen LogP contribution in [-0.4, -0.2) is 22.7 Å². The molecule has 1 unspecified atom stereocenters. The Kier molecular flexibility index (Phi) is 10.9. The molecule has 0 spiro atoms. The number of halogens is 1. The Labute approximate surface area is 297 Å². The summed E-state index contributed by atoms with van der Waals surface area (Å²) in [5.74, 6) is -1.47. The molecular formula is C40H31FN4O3S2. The lowest BCUT2D eigenvalue weighted by Crippen LogP contribution is -2.30. The molecule has 0 aliphatic carbocycles. The van der Waals surface area contributed by atoms with Gasteiger partial charge in [0.05, 0.1) is 5.69 Å². The number of aromatic nitrogens is 1. The number of carbonyl (C=O) groups excluding carboxylic acids is 3. The molecule has 10 heteroatoms. The van der Waals surface area contributed by atoms with Crippen molar-refractivity contribution >= 4 is 57.7 Å². The molecule has 0 aliphatic rings. The predicted molar refractivity (Wildman–Crippen MR) is 199 cm³/mol. The van der Waals surface area contributed by atoms with Gasteiger partial charge in [-0.1, -0.05) is 72.8 Å². The van der Waals surface area contributed by atoms with Crippen molar-refractivity contribution in [3.63, 3.8) is 0 Å². The van der Waals surface area contributed by atoms with Crippen molar-refractivity contribution in [1.29, 1.82) is 0 Å². The molecule has 3 N–H and O–H groups in total. The van der Waals surface area contributed by atoms with Crippen molar-refractivity contribution in [2.75, 3.05) is 10.6 Å². The highest BCUT2D eigenvalue weighted by Crippen LogP contribution is 2.37. The highest BCUT2D eigenvalue weighted by molar-refractivity contribution is 8.00. The van der Waals surface area contributed by atoms with Gasteiger partial charge in [-0.2, -0.15) is 0 Å². The molecule has 248 valence electrons. The molecule has 5 aromatic carbocycles. The molecule has 0 fully saturated rings. The Morgan fingerprint density at radius 2 is 1.44 bits per heavy atom. The molecule has 0 saturated carbocycles. The average molecular weight is 699 g/mol. The third-order valence-electron chi connectivity index (χ3n) is 7.60. The average Bonchev–Trinajstić information content (AvgIpc) is 3.61. The van der Waals surface area contributed by atoms with Crippen molar-refractivity contribution in [3.8, 4) is 11.3 Å². The molecule has 1 atom stereocenters. The standard InChI is InChI=1S/C40H31FN4O3S2/c1-26-10-8-9-15-30(26)24-34(43-37(46)29-13-6-3-7-14-29)38(47)42-32-20-22-33(23-21-32)50-36(28-11-4-2-5-12-28)39(48)45-40-44-35(25-49-40)27-16-18-31(41)19-17-27/h2-25,36H,1H3,(H,42,47)(H,43,46)(H,44,45,48)/b34-24-. The largest absolute Gasteiger partial charge is 0.321 e. The first-order valence-electron chi connectivity index (χ1n) is 15.6. The monoisotopic (exact) mass is 698 g/mol. The molecule has 0 radical (unpaired) electrons. The van der Waals surface area contributed by atoms with Gasteiger partial charge in [0.2, 0.25) is 5.91 Å². The summed E-state index contributed by atoms with van der Waals surface area (Å²) in [6, 6.07) is 38.9. The maximum absolute atomic E-state index is 13.6. The number of aryl methyl sites for hydroxylation is 1. The molecule has 3 amide bonds. The summed E-state index contributed by atoms with van der Waals surface area (Å²) in [4.78, 5) is 45.5. The highest BCUT2D eigenvalue weighted by Gasteiger charge is 2.24. The van der Waals surface area contributed by atoms with E-state index in [4.69, 9.17) is 0 Å². The number of thiazole rings is 1. The van der Waals surface area contributed by atoms with E-state index in [9.17, 15) is 18.8 Å². The first-order chi connectivity index (χ1) is 24.3. The molecule has 6 aromatic rings. The van der Waals surface area contributed by atoms with E-state index >= 15 is 0 Å². The summed E-state index contributed by atoms with van der Waals surface area (Å²) in [6.45, 7) is 1.93. The number of rotatable bonds is 11. The van der Waals surface area contributed by atoms with Crippen LogP contribution in [0.15, 0.2) is 149 Å². The van der Waals surface area contributed by atoms with Crippen LogP contribution in [0.25, 0.3) is 17.3 Å². The zero-order valence-corrected chi connectivity index (χ0v) is 28.4. The first kappa shape index (κ1) is 34.0. The van der Waals surface area contributed by atoms with Gasteiger partial charge in [-0.3, -0.25) is 14.4 Å². The smallest absolute Gasteiger partial charge is 0.272 e. The molecule has 0 aliphatic heterocycles. The third kappa shape index (κ3) is 8.79. The lowest BCUT2D eigenvalue weighted by atomic mass is 10.1. The molecule has 0 saturated heterocycles. The molecule has 1 heterocycles. The van der Waals surface area contributed by atoms with Crippen LogP contribution in [0, 0.1) is 12.7 Å². The first-order valence-corrected chi connectivity index (χ1v) is 17.4. The normalized spacial score (nSPS) is 11.8. The highest BCUT2D eigenvalue weighted by atomic mass is 32.2. The zero-order valence-electron chi connectivity index (χ0n) is 26.8. The van der Waals surface area contributed by atoms with E-state index in [1.54, 1.807) is 54.6 Å². The summed E-state index contributed by atoms with van der Waals surface area (Å²) in [7, 11) is 0. The fourth-order valence-electron chi connectivity index (χ4n) is 4.95. The number of hydrogen-bond acceptors (Lipinski definition) is 6. The Balaban J connectivity index is 1.17. The number of amides is 3. The topological polar surface area (TPSA) is 100 Å². The van der Waals surface area contributed by atoms with Gasteiger partial charge in [0.1, 0.15) is 16.8 Å². The Morgan fingerprint density at radius 1 is 0.780 bits per heavy atom. The van der Waals surface area contributed by atoms with Gasteiger partial charge in [0.15, 0.2) is 5.13 Å². The van der Waals surface area contributed by atoms with Crippen LogP contribution in [0.5, 0.6) is 0 Å². The predicted octanol–water partition coefficient (Wildman–Crippen LogP) is 9.14. The van der Waals surface area contributed by atoms with Crippen LogP contribution < -0.4 is 16.0 Å². The molecule has 6 rings (SSSR count). The van der Waals surface area contributed by atoms with Gasteiger partial charge in [-0.05, 0) is 90.4 Å². The minimum Gasteiger partial charge on any atom is -0.321 e. The van der Waals surface area contributed by atoms with Gasteiger partial charge in [0.25, 0.3) is 11.8 Å².